The van der Waals surface area contributed by atoms with Crippen molar-refractivity contribution in [1.82, 2.24) is 5.32 Å². The van der Waals surface area contributed by atoms with Crippen LogP contribution in [-0.4, -0.2) is 26.1 Å². The summed E-state index contributed by atoms with van der Waals surface area (Å²) < 4.78 is 9.19. The molecule has 1 aromatic rings. The van der Waals surface area contributed by atoms with Gasteiger partial charge in [0.1, 0.15) is 6.26 Å². The number of hydrogen-bond acceptors (Lipinski definition) is 4. The first-order valence-corrected chi connectivity index (χ1v) is 4.86. The van der Waals surface area contributed by atoms with Crippen LogP contribution >= 0.6 is 0 Å². The molecule has 0 aliphatic rings. The lowest BCUT2D eigenvalue weighted by atomic mass is 10.2. The summed E-state index contributed by atoms with van der Waals surface area (Å²) in [5.41, 5.74) is 0.391. The zero-order valence-electron chi connectivity index (χ0n) is 9.60. The number of rotatable bonds is 4. The molecular weight excluding hydrogens is 222 g/mol. The van der Waals surface area contributed by atoms with E-state index in [2.05, 4.69) is 14.8 Å². The number of nitrogens with one attached hydrogen (secondary N) is 1. The van der Waals surface area contributed by atoms with E-state index >= 15 is 0 Å². The Balaban J connectivity index is 2.79. The van der Waals surface area contributed by atoms with E-state index < -0.39 is 11.9 Å². The van der Waals surface area contributed by atoms with Crippen LogP contribution in [-0.2, 0) is 14.3 Å². The lowest BCUT2D eigenvalue weighted by Gasteiger charge is -2.07. The largest absolute Gasteiger partial charge is 0.502 e. The molecule has 0 aliphatic heterocycles. The van der Waals surface area contributed by atoms with Gasteiger partial charge >= 0.3 is 5.97 Å². The highest BCUT2D eigenvalue weighted by Crippen LogP contribution is 2.01. The average molecular weight is 235 g/mol. The lowest BCUT2D eigenvalue weighted by molar-refractivity contribution is -0.136. The fourth-order valence-electron chi connectivity index (χ4n) is 1.14. The normalized spacial score (nSPS) is 10.6. The molecule has 0 spiro atoms. The monoisotopic (exact) mass is 235 g/mol. The van der Waals surface area contributed by atoms with Crippen LogP contribution in [0.25, 0.3) is 0 Å². The number of benzene rings is 1. The van der Waals surface area contributed by atoms with Crippen molar-refractivity contribution >= 4 is 11.9 Å². The van der Waals surface area contributed by atoms with Gasteiger partial charge < -0.3 is 14.8 Å². The third-order valence-electron chi connectivity index (χ3n) is 1.93. The number of hydrogen-bond donors (Lipinski definition) is 1. The highest BCUT2D eigenvalue weighted by atomic mass is 16.5. The topological polar surface area (TPSA) is 64.6 Å². The van der Waals surface area contributed by atoms with Gasteiger partial charge in [0, 0.05) is 5.56 Å². The predicted molar refractivity (Wildman–Crippen MR) is 61.0 cm³/mol. The Bertz CT molecular complexity index is 425. The second-order valence-electron chi connectivity index (χ2n) is 3.08. The van der Waals surface area contributed by atoms with Gasteiger partial charge in [0.25, 0.3) is 5.91 Å². The SMILES string of the molecule is CO/C=C(\NC(=O)c1ccccc1)C(=O)OC. The molecule has 0 heterocycles. The van der Waals surface area contributed by atoms with Crippen LogP contribution in [0.2, 0.25) is 0 Å². The average Bonchev–Trinajstić information content (AvgIpc) is 2.38. The number of carbonyl (C=O) groups is 2. The Hall–Kier alpha value is -2.30. The zero-order valence-corrected chi connectivity index (χ0v) is 9.60. The van der Waals surface area contributed by atoms with Gasteiger partial charge in [0.15, 0.2) is 5.70 Å². The van der Waals surface area contributed by atoms with Gasteiger partial charge in [0.2, 0.25) is 0 Å². The summed E-state index contributed by atoms with van der Waals surface area (Å²) >= 11 is 0. The van der Waals surface area contributed by atoms with Gasteiger partial charge in [-0.15, -0.1) is 0 Å². The molecule has 0 atom stereocenters. The van der Waals surface area contributed by atoms with Crippen molar-refractivity contribution in [2.45, 2.75) is 0 Å². The van der Waals surface area contributed by atoms with Crippen LogP contribution in [0.4, 0.5) is 0 Å². The van der Waals surface area contributed by atoms with Gasteiger partial charge in [-0.3, -0.25) is 4.79 Å². The minimum Gasteiger partial charge on any atom is -0.502 e. The highest BCUT2D eigenvalue weighted by molar-refractivity contribution is 6.00. The summed E-state index contributed by atoms with van der Waals surface area (Å²) in [4.78, 5) is 23.0. The maximum atomic E-state index is 11.7. The fourth-order valence-corrected chi connectivity index (χ4v) is 1.14. The quantitative estimate of drug-likeness (QED) is 0.482. The van der Waals surface area contributed by atoms with Gasteiger partial charge in [-0.2, -0.15) is 0 Å². The Morgan fingerprint density at radius 3 is 2.35 bits per heavy atom. The molecule has 5 heteroatoms. The zero-order chi connectivity index (χ0) is 12.7. The summed E-state index contributed by atoms with van der Waals surface area (Å²) in [5.74, 6) is -1.07. The second-order valence-corrected chi connectivity index (χ2v) is 3.08. The third-order valence-corrected chi connectivity index (χ3v) is 1.93. The first-order valence-electron chi connectivity index (χ1n) is 4.86. The number of esters is 1. The van der Waals surface area contributed by atoms with Crippen LogP contribution in [0, 0.1) is 0 Å². The standard InChI is InChI=1S/C12H13NO4/c1-16-8-10(12(15)17-2)13-11(14)9-6-4-3-5-7-9/h3-8H,1-2H3,(H,13,14)/b10-8-. The summed E-state index contributed by atoms with van der Waals surface area (Å²) in [6.07, 6.45) is 1.12. The molecule has 1 amide bonds. The molecule has 0 radical (unpaired) electrons. The van der Waals surface area contributed by atoms with Crippen LogP contribution in [0.5, 0.6) is 0 Å². The molecule has 0 unspecified atom stereocenters. The van der Waals surface area contributed by atoms with Crippen LogP contribution in [0.1, 0.15) is 10.4 Å². The fraction of sp³-hybridized carbons (Fsp3) is 0.167. The molecule has 0 saturated heterocycles. The first-order chi connectivity index (χ1) is 8.19. The minimum absolute atomic E-state index is 0.0520. The van der Waals surface area contributed by atoms with Crippen LogP contribution in [0.3, 0.4) is 0 Å². The Morgan fingerprint density at radius 1 is 1.18 bits per heavy atom. The predicted octanol–water partition coefficient (Wildman–Crippen LogP) is 1.08. The molecule has 17 heavy (non-hydrogen) atoms. The molecule has 0 aromatic heterocycles. The van der Waals surface area contributed by atoms with Crippen molar-refractivity contribution in [2.24, 2.45) is 0 Å². The lowest BCUT2D eigenvalue weighted by Crippen LogP contribution is -2.28. The van der Waals surface area contributed by atoms with Crippen LogP contribution in [0.15, 0.2) is 42.3 Å². The molecule has 0 fully saturated rings. The first kappa shape index (κ1) is 12.8. The maximum Gasteiger partial charge on any atom is 0.357 e. The van der Waals surface area contributed by atoms with Gasteiger partial charge in [0.05, 0.1) is 14.2 Å². The molecule has 0 saturated carbocycles. The van der Waals surface area contributed by atoms with Gasteiger partial charge in [-0.25, -0.2) is 4.79 Å². The van der Waals surface area contributed by atoms with E-state index in [4.69, 9.17) is 0 Å². The van der Waals surface area contributed by atoms with Crippen molar-refractivity contribution < 1.29 is 19.1 Å². The van der Waals surface area contributed by atoms with Crippen LogP contribution < -0.4 is 5.32 Å². The molecule has 90 valence electrons. The molecule has 5 nitrogen and oxygen atoms in total. The van der Waals surface area contributed by atoms with Crippen molar-refractivity contribution in [3.05, 3.63) is 47.9 Å². The van der Waals surface area contributed by atoms with Crippen molar-refractivity contribution in [2.75, 3.05) is 14.2 Å². The number of methoxy groups -OCH3 is 2. The third kappa shape index (κ3) is 3.64. The summed E-state index contributed by atoms with van der Waals surface area (Å²) in [5, 5.41) is 2.41. The Morgan fingerprint density at radius 2 is 1.82 bits per heavy atom. The Labute approximate surface area is 99.0 Å². The number of carbonyl (C=O) groups excluding carboxylic acids is 2. The smallest absolute Gasteiger partial charge is 0.357 e. The summed E-state index contributed by atoms with van der Waals surface area (Å²) in [6, 6.07) is 8.52. The van der Waals surface area contributed by atoms with E-state index in [9.17, 15) is 9.59 Å². The molecule has 1 aromatic carbocycles. The van der Waals surface area contributed by atoms with Crippen molar-refractivity contribution in [1.29, 1.82) is 0 Å². The number of amides is 1. The molecule has 0 bridgehead atoms. The van der Waals surface area contributed by atoms with E-state index in [1.54, 1.807) is 30.3 Å². The van der Waals surface area contributed by atoms with E-state index in [1.165, 1.54) is 14.2 Å². The number of ether oxygens (including phenoxy) is 2. The van der Waals surface area contributed by atoms with E-state index in [0.717, 1.165) is 6.26 Å². The minimum atomic E-state index is -0.670. The molecule has 1 N–H and O–H groups in total. The molecular formula is C12H13NO4. The van der Waals surface area contributed by atoms with E-state index in [0.29, 0.717) is 5.56 Å². The van der Waals surface area contributed by atoms with E-state index in [-0.39, 0.29) is 5.70 Å². The summed E-state index contributed by atoms with van der Waals surface area (Å²) in [6.45, 7) is 0. The van der Waals surface area contributed by atoms with Gasteiger partial charge in [-0.05, 0) is 12.1 Å². The Kier molecular flexibility index (Phi) is 4.75. The van der Waals surface area contributed by atoms with Gasteiger partial charge in [-0.1, -0.05) is 18.2 Å². The molecule has 0 aliphatic carbocycles. The summed E-state index contributed by atoms with van der Waals surface area (Å²) in [7, 11) is 2.60. The highest BCUT2D eigenvalue weighted by Gasteiger charge is 2.14. The maximum absolute atomic E-state index is 11.7. The van der Waals surface area contributed by atoms with Crippen molar-refractivity contribution in [3.8, 4) is 0 Å². The van der Waals surface area contributed by atoms with Crippen molar-refractivity contribution in [3.63, 3.8) is 0 Å². The van der Waals surface area contributed by atoms with E-state index in [1.807, 2.05) is 0 Å². The second kappa shape index (κ2) is 6.32. The molecule has 1 rings (SSSR count).